The van der Waals surface area contributed by atoms with Gasteiger partial charge in [0.25, 0.3) is 0 Å². The molecular formula is C14H20N4O2. The number of aromatic amines is 1. The number of rotatable bonds is 4. The van der Waals surface area contributed by atoms with Gasteiger partial charge in [0.1, 0.15) is 5.82 Å². The van der Waals surface area contributed by atoms with Gasteiger partial charge >= 0.3 is 0 Å². The van der Waals surface area contributed by atoms with Gasteiger partial charge in [0, 0.05) is 18.4 Å². The Morgan fingerprint density at radius 1 is 1.40 bits per heavy atom. The number of hydrogen-bond donors (Lipinski definition) is 2. The molecular weight excluding hydrogens is 256 g/mol. The van der Waals surface area contributed by atoms with Gasteiger partial charge in [-0.2, -0.15) is 0 Å². The van der Waals surface area contributed by atoms with E-state index >= 15 is 0 Å². The monoisotopic (exact) mass is 276 g/mol. The molecule has 6 heteroatoms. The Kier molecular flexibility index (Phi) is 3.56. The smallest absolute Gasteiger partial charge is 0.247 e. The van der Waals surface area contributed by atoms with Crippen molar-refractivity contribution in [1.82, 2.24) is 20.2 Å². The topological polar surface area (TPSA) is 78.1 Å². The Bertz CT molecular complexity index is 493. The third-order valence-corrected chi connectivity index (χ3v) is 4.25. The van der Waals surface area contributed by atoms with E-state index < -0.39 is 6.04 Å². The van der Waals surface area contributed by atoms with Crippen LogP contribution in [0.1, 0.15) is 50.9 Å². The number of carbonyl (C=O) groups excluding carboxylic acids is 2. The summed E-state index contributed by atoms with van der Waals surface area (Å²) < 4.78 is 0. The predicted octanol–water partition coefficient (Wildman–Crippen LogP) is 1.13. The Labute approximate surface area is 117 Å². The van der Waals surface area contributed by atoms with Crippen LogP contribution in [-0.2, 0) is 9.59 Å². The highest BCUT2D eigenvalue weighted by molar-refractivity contribution is 6.05. The lowest BCUT2D eigenvalue weighted by atomic mass is 10.2. The van der Waals surface area contributed by atoms with Crippen molar-refractivity contribution in [1.29, 1.82) is 0 Å². The molecule has 1 aliphatic heterocycles. The molecule has 2 amide bonds. The Morgan fingerprint density at radius 3 is 2.80 bits per heavy atom. The zero-order chi connectivity index (χ0) is 14.1. The van der Waals surface area contributed by atoms with E-state index in [4.69, 9.17) is 0 Å². The molecule has 2 unspecified atom stereocenters. The summed E-state index contributed by atoms with van der Waals surface area (Å²) in [6.45, 7) is 1.94. The summed E-state index contributed by atoms with van der Waals surface area (Å²) in [6, 6.07) is -0.362. The molecule has 2 N–H and O–H groups in total. The van der Waals surface area contributed by atoms with Crippen LogP contribution in [0.2, 0.25) is 0 Å². The molecule has 0 aromatic carbocycles. The molecule has 0 bridgehead atoms. The molecule has 2 fully saturated rings. The average molecular weight is 276 g/mol. The quantitative estimate of drug-likeness (QED) is 0.808. The number of nitrogens with one attached hydrogen (secondary N) is 2. The first-order chi connectivity index (χ1) is 9.66. The van der Waals surface area contributed by atoms with Crippen molar-refractivity contribution in [2.75, 3.05) is 0 Å². The maximum absolute atomic E-state index is 12.4. The highest BCUT2D eigenvalue weighted by atomic mass is 16.2. The lowest BCUT2D eigenvalue weighted by Crippen LogP contribution is -2.43. The number of amides is 2. The highest BCUT2D eigenvalue weighted by Crippen LogP contribution is 2.28. The molecule has 0 radical (unpaired) electrons. The predicted molar refractivity (Wildman–Crippen MR) is 72.7 cm³/mol. The second kappa shape index (κ2) is 5.36. The van der Waals surface area contributed by atoms with Crippen LogP contribution in [0.15, 0.2) is 12.4 Å². The number of carbonyl (C=O) groups is 2. The van der Waals surface area contributed by atoms with Gasteiger partial charge in [-0.15, -0.1) is 0 Å². The van der Waals surface area contributed by atoms with Gasteiger partial charge in [-0.1, -0.05) is 12.8 Å². The zero-order valence-corrected chi connectivity index (χ0v) is 11.6. The minimum Gasteiger partial charge on any atom is -0.347 e. The number of imidazole rings is 1. The first-order valence-electron chi connectivity index (χ1n) is 7.28. The van der Waals surface area contributed by atoms with Gasteiger partial charge in [0.2, 0.25) is 11.8 Å². The Balaban J connectivity index is 1.66. The van der Waals surface area contributed by atoms with E-state index in [0.29, 0.717) is 0 Å². The van der Waals surface area contributed by atoms with Gasteiger partial charge in [-0.05, 0) is 19.8 Å². The molecule has 1 saturated carbocycles. The largest absolute Gasteiger partial charge is 0.347 e. The maximum atomic E-state index is 12.4. The summed E-state index contributed by atoms with van der Waals surface area (Å²) in [7, 11) is 0. The minimum absolute atomic E-state index is 0.0361. The standard InChI is InChI=1S/C14H20N4O2/c1-9(13-15-6-7-16-13)17-11-8-12(19)18(14(11)20)10-4-2-3-5-10/h6-7,9-11,17H,2-5,8H2,1H3,(H,15,16). The Hall–Kier alpha value is -1.69. The van der Waals surface area contributed by atoms with Crippen molar-refractivity contribution in [3.05, 3.63) is 18.2 Å². The minimum atomic E-state index is -0.414. The highest BCUT2D eigenvalue weighted by Gasteiger charge is 2.43. The molecule has 2 heterocycles. The van der Waals surface area contributed by atoms with E-state index in [1.54, 1.807) is 12.4 Å². The van der Waals surface area contributed by atoms with Crippen molar-refractivity contribution < 1.29 is 9.59 Å². The molecule has 6 nitrogen and oxygen atoms in total. The second-order valence-corrected chi connectivity index (χ2v) is 5.66. The van der Waals surface area contributed by atoms with Crippen molar-refractivity contribution in [2.24, 2.45) is 0 Å². The van der Waals surface area contributed by atoms with Crippen LogP contribution >= 0.6 is 0 Å². The van der Waals surface area contributed by atoms with Crippen molar-refractivity contribution in [2.45, 2.75) is 57.2 Å². The van der Waals surface area contributed by atoms with Crippen LogP contribution in [0.25, 0.3) is 0 Å². The zero-order valence-electron chi connectivity index (χ0n) is 11.6. The molecule has 2 aliphatic rings. The van der Waals surface area contributed by atoms with E-state index in [9.17, 15) is 9.59 Å². The number of likely N-dealkylation sites (tertiary alicyclic amines) is 1. The number of hydrogen-bond acceptors (Lipinski definition) is 4. The fourth-order valence-corrected chi connectivity index (χ4v) is 3.22. The lowest BCUT2D eigenvalue weighted by molar-refractivity contribution is -0.141. The summed E-state index contributed by atoms with van der Waals surface area (Å²) in [5.41, 5.74) is 0. The molecule has 1 saturated heterocycles. The number of nitrogens with zero attached hydrogens (tertiary/aromatic N) is 2. The molecule has 0 spiro atoms. The first-order valence-corrected chi connectivity index (χ1v) is 7.28. The van der Waals surface area contributed by atoms with E-state index in [2.05, 4.69) is 15.3 Å². The van der Waals surface area contributed by atoms with E-state index in [-0.39, 0.29) is 30.3 Å². The molecule has 3 rings (SSSR count). The molecule has 1 aliphatic carbocycles. The van der Waals surface area contributed by atoms with Crippen LogP contribution < -0.4 is 5.32 Å². The van der Waals surface area contributed by atoms with Gasteiger partial charge in [-0.25, -0.2) is 4.98 Å². The SMILES string of the molecule is CC(NC1CC(=O)N(C2CCCC2)C1=O)c1ncc[nH]1. The summed E-state index contributed by atoms with van der Waals surface area (Å²) in [5.74, 6) is 0.677. The van der Waals surface area contributed by atoms with Gasteiger partial charge in [0.15, 0.2) is 0 Å². The molecule has 2 atom stereocenters. The normalized spacial score (nSPS) is 25.6. The third kappa shape index (κ3) is 2.35. The number of H-pyrrole nitrogens is 1. The average Bonchev–Trinajstić information content (AvgIpc) is 3.13. The molecule has 108 valence electrons. The van der Waals surface area contributed by atoms with Gasteiger partial charge < -0.3 is 4.98 Å². The summed E-state index contributed by atoms with van der Waals surface area (Å²) >= 11 is 0. The van der Waals surface area contributed by atoms with Gasteiger partial charge in [0.05, 0.1) is 18.5 Å². The van der Waals surface area contributed by atoms with E-state index in [0.717, 1.165) is 31.5 Å². The summed E-state index contributed by atoms with van der Waals surface area (Å²) in [6.07, 6.45) is 7.83. The molecule has 1 aromatic rings. The van der Waals surface area contributed by atoms with Crippen LogP contribution in [0, 0.1) is 0 Å². The molecule has 20 heavy (non-hydrogen) atoms. The van der Waals surface area contributed by atoms with E-state index in [1.807, 2.05) is 6.92 Å². The van der Waals surface area contributed by atoms with Crippen LogP contribution in [0.3, 0.4) is 0 Å². The van der Waals surface area contributed by atoms with Crippen LogP contribution in [-0.4, -0.2) is 38.8 Å². The summed E-state index contributed by atoms with van der Waals surface area (Å²) in [4.78, 5) is 33.2. The van der Waals surface area contributed by atoms with Crippen LogP contribution in [0.4, 0.5) is 0 Å². The van der Waals surface area contributed by atoms with E-state index in [1.165, 1.54) is 4.90 Å². The lowest BCUT2D eigenvalue weighted by Gasteiger charge is -2.23. The summed E-state index contributed by atoms with van der Waals surface area (Å²) in [5, 5.41) is 3.21. The number of imide groups is 1. The van der Waals surface area contributed by atoms with Crippen molar-refractivity contribution in [3.8, 4) is 0 Å². The van der Waals surface area contributed by atoms with Crippen molar-refractivity contribution >= 4 is 11.8 Å². The fourth-order valence-electron chi connectivity index (χ4n) is 3.22. The number of aromatic nitrogens is 2. The second-order valence-electron chi connectivity index (χ2n) is 5.66. The van der Waals surface area contributed by atoms with Crippen LogP contribution in [0.5, 0.6) is 0 Å². The Morgan fingerprint density at radius 2 is 2.15 bits per heavy atom. The first kappa shape index (κ1) is 13.3. The molecule has 1 aromatic heterocycles. The van der Waals surface area contributed by atoms with Crippen molar-refractivity contribution in [3.63, 3.8) is 0 Å². The fraction of sp³-hybridized carbons (Fsp3) is 0.643. The van der Waals surface area contributed by atoms with Gasteiger partial charge in [-0.3, -0.25) is 19.8 Å². The third-order valence-electron chi connectivity index (χ3n) is 4.25. The maximum Gasteiger partial charge on any atom is 0.247 e.